The van der Waals surface area contributed by atoms with Crippen molar-refractivity contribution in [2.45, 2.75) is 13.8 Å². The number of benzene rings is 2. The molecule has 0 radical (unpaired) electrons. The minimum Gasteiger partial charge on any atom is -0.343 e. The largest absolute Gasteiger partial charge is 0.343 e. The number of anilines is 1. The van der Waals surface area contributed by atoms with Crippen LogP contribution < -0.4 is 10.6 Å². The Morgan fingerprint density at radius 3 is 2.27 bits per heavy atom. The first-order chi connectivity index (χ1) is 10.5. The van der Waals surface area contributed by atoms with Gasteiger partial charge in [-0.05, 0) is 37.1 Å². The Morgan fingerprint density at radius 2 is 1.64 bits per heavy atom. The molecule has 0 aliphatic rings. The summed E-state index contributed by atoms with van der Waals surface area (Å²) in [6.45, 7) is 3.56. The zero-order valence-corrected chi connectivity index (χ0v) is 12.4. The topological polar surface area (TPSA) is 58.2 Å². The van der Waals surface area contributed by atoms with Crippen LogP contribution >= 0.6 is 0 Å². The van der Waals surface area contributed by atoms with Gasteiger partial charge in [-0.1, -0.05) is 30.3 Å². The van der Waals surface area contributed by atoms with Crippen molar-refractivity contribution in [1.29, 1.82) is 0 Å². The zero-order chi connectivity index (χ0) is 16.1. The molecule has 0 saturated carbocycles. The second-order valence-electron chi connectivity index (χ2n) is 4.98. The summed E-state index contributed by atoms with van der Waals surface area (Å²) in [7, 11) is 0. The fourth-order valence-electron chi connectivity index (χ4n) is 2.10. The highest BCUT2D eigenvalue weighted by molar-refractivity contribution is 5.99. The molecule has 0 spiro atoms. The molecular weight excluding hydrogens is 283 g/mol. The van der Waals surface area contributed by atoms with Crippen LogP contribution in [0.25, 0.3) is 0 Å². The van der Waals surface area contributed by atoms with E-state index in [1.807, 2.05) is 32.0 Å². The molecule has 2 N–H and O–H groups in total. The van der Waals surface area contributed by atoms with Gasteiger partial charge in [0.1, 0.15) is 5.82 Å². The Labute approximate surface area is 128 Å². The first-order valence-electron chi connectivity index (χ1n) is 6.88. The monoisotopic (exact) mass is 300 g/mol. The number of carbonyl (C=O) groups is 2. The fraction of sp³-hybridized carbons (Fsp3) is 0.176. The fourth-order valence-corrected chi connectivity index (χ4v) is 2.10. The maximum atomic E-state index is 13.5. The van der Waals surface area contributed by atoms with Crippen LogP contribution in [0.5, 0.6) is 0 Å². The van der Waals surface area contributed by atoms with E-state index in [4.69, 9.17) is 0 Å². The standard InChI is InChI=1S/C17H17FN2O2/c1-11-6-5-7-12(2)16(11)20-15(21)10-19-17(22)13-8-3-4-9-14(13)18/h3-9H,10H2,1-2H3,(H,19,22)(H,20,21). The predicted octanol–water partition coefficient (Wildman–Crippen LogP) is 2.81. The van der Waals surface area contributed by atoms with E-state index < -0.39 is 11.7 Å². The molecule has 5 heteroatoms. The molecule has 2 aromatic carbocycles. The van der Waals surface area contributed by atoms with Gasteiger partial charge in [0.25, 0.3) is 5.91 Å². The van der Waals surface area contributed by atoms with Gasteiger partial charge in [-0.15, -0.1) is 0 Å². The van der Waals surface area contributed by atoms with Crippen molar-refractivity contribution >= 4 is 17.5 Å². The summed E-state index contributed by atoms with van der Waals surface area (Å²) >= 11 is 0. The number of para-hydroxylation sites is 1. The summed E-state index contributed by atoms with van der Waals surface area (Å²) in [5.74, 6) is -1.59. The van der Waals surface area contributed by atoms with E-state index >= 15 is 0 Å². The van der Waals surface area contributed by atoms with Crippen LogP contribution in [0.3, 0.4) is 0 Å². The van der Waals surface area contributed by atoms with E-state index in [2.05, 4.69) is 10.6 Å². The van der Waals surface area contributed by atoms with Crippen molar-refractivity contribution in [3.05, 3.63) is 65.0 Å². The lowest BCUT2D eigenvalue weighted by molar-refractivity contribution is -0.115. The van der Waals surface area contributed by atoms with Gasteiger partial charge in [0.15, 0.2) is 0 Å². The number of rotatable bonds is 4. The molecule has 0 fully saturated rings. The molecule has 114 valence electrons. The number of carbonyl (C=O) groups excluding carboxylic acids is 2. The number of nitrogens with one attached hydrogen (secondary N) is 2. The van der Waals surface area contributed by atoms with E-state index in [1.54, 1.807) is 6.07 Å². The SMILES string of the molecule is Cc1cccc(C)c1NC(=O)CNC(=O)c1ccccc1F. The Kier molecular flexibility index (Phi) is 4.88. The predicted molar refractivity (Wildman–Crippen MR) is 83.3 cm³/mol. The van der Waals surface area contributed by atoms with Crippen LogP contribution in [0, 0.1) is 19.7 Å². The van der Waals surface area contributed by atoms with Crippen molar-refractivity contribution in [2.75, 3.05) is 11.9 Å². The molecular formula is C17H17FN2O2. The van der Waals surface area contributed by atoms with Crippen LogP contribution in [0.2, 0.25) is 0 Å². The van der Waals surface area contributed by atoms with Crippen LogP contribution in [-0.2, 0) is 4.79 Å². The highest BCUT2D eigenvalue weighted by Crippen LogP contribution is 2.19. The molecule has 2 amide bonds. The van der Waals surface area contributed by atoms with Gasteiger partial charge in [0, 0.05) is 5.69 Å². The Morgan fingerprint density at radius 1 is 1.00 bits per heavy atom. The van der Waals surface area contributed by atoms with Gasteiger partial charge in [0.05, 0.1) is 12.1 Å². The average Bonchev–Trinajstić information content (AvgIpc) is 2.49. The van der Waals surface area contributed by atoms with Crippen molar-refractivity contribution in [1.82, 2.24) is 5.32 Å². The Bertz CT molecular complexity index is 693. The first kappa shape index (κ1) is 15.7. The molecule has 2 aromatic rings. The molecule has 0 aliphatic heterocycles. The van der Waals surface area contributed by atoms with Gasteiger partial charge in [-0.2, -0.15) is 0 Å². The van der Waals surface area contributed by atoms with E-state index in [1.165, 1.54) is 18.2 Å². The Hall–Kier alpha value is -2.69. The quantitative estimate of drug-likeness (QED) is 0.912. The van der Waals surface area contributed by atoms with Crippen LogP contribution in [0.4, 0.5) is 10.1 Å². The van der Waals surface area contributed by atoms with E-state index in [0.29, 0.717) is 0 Å². The summed E-state index contributed by atoms with van der Waals surface area (Å²) in [6.07, 6.45) is 0. The van der Waals surface area contributed by atoms with Gasteiger partial charge in [0.2, 0.25) is 5.91 Å². The highest BCUT2D eigenvalue weighted by atomic mass is 19.1. The zero-order valence-electron chi connectivity index (χ0n) is 12.4. The molecule has 0 unspecified atom stereocenters. The molecule has 0 aliphatic carbocycles. The number of hydrogen-bond acceptors (Lipinski definition) is 2. The lowest BCUT2D eigenvalue weighted by atomic mass is 10.1. The number of amides is 2. The van der Waals surface area contributed by atoms with Crippen LogP contribution in [0.1, 0.15) is 21.5 Å². The minimum absolute atomic E-state index is 0.0811. The maximum Gasteiger partial charge on any atom is 0.254 e. The number of aryl methyl sites for hydroxylation is 2. The molecule has 2 rings (SSSR count). The molecule has 4 nitrogen and oxygen atoms in total. The van der Waals surface area contributed by atoms with Crippen LogP contribution in [0.15, 0.2) is 42.5 Å². The van der Waals surface area contributed by atoms with Gasteiger partial charge in [-0.3, -0.25) is 9.59 Å². The second-order valence-corrected chi connectivity index (χ2v) is 4.98. The van der Waals surface area contributed by atoms with E-state index in [-0.39, 0.29) is 18.0 Å². The van der Waals surface area contributed by atoms with Crippen molar-refractivity contribution in [2.24, 2.45) is 0 Å². The Balaban J connectivity index is 1.96. The molecule has 0 heterocycles. The summed E-state index contributed by atoms with van der Waals surface area (Å²) in [4.78, 5) is 23.7. The highest BCUT2D eigenvalue weighted by Gasteiger charge is 2.13. The third-order valence-corrected chi connectivity index (χ3v) is 3.27. The molecule has 22 heavy (non-hydrogen) atoms. The van der Waals surface area contributed by atoms with Crippen molar-refractivity contribution in [3.63, 3.8) is 0 Å². The molecule has 0 atom stereocenters. The molecule has 0 saturated heterocycles. The lowest BCUT2D eigenvalue weighted by Gasteiger charge is -2.12. The summed E-state index contributed by atoms with van der Waals surface area (Å²) < 4.78 is 13.5. The summed E-state index contributed by atoms with van der Waals surface area (Å²) in [6, 6.07) is 11.3. The molecule has 0 aromatic heterocycles. The summed E-state index contributed by atoms with van der Waals surface area (Å²) in [5, 5.41) is 5.16. The van der Waals surface area contributed by atoms with E-state index in [9.17, 15) is 14.0 Å². The summed E-state index contributed by atoms with van der Waals surface area (Å²) in [5.41, 5.74) is 2.53. The van der Waals surface area contributed by atoms with Crippen molar-refractivity contribution in [3.8, 4) is 0 Å². The third kappa shape index (κ3) is 3.69. The third-order valence-electron chi connectivity index (χ3n) is 3.27. The minimum atomic E-state index is -0.616. The smallest absolute Gasteiger partial charge is 0.254 e. The molecule has 0 bridgehead atoms. The normalized spacial score (nSPS) is 10.1. The van der Waals surface area contributed by atoms with Gasteiger partial charge < -0.3 is 10.6 Å². The van der Waals surface area contributed by atoms with Gasteiger partial charge >= 0.3 is 0 Å². The number of hydrogen-bond donors (Lipinski definition) is 2. The maximum absolute atomic E-state index is 13.5. The van der Waals surface area contributed by atoms with Crippen molar-refractivity contribution < 1.29 is 14.0 Å². The lowest BCUT2D eigenvalue weighted by Crippen LogP contribution is -2.33. The van der Waals surface area contributed by atoms with E-state index in [0.717, 1.165) is 16.8 Å². The van der Waals surface area contributed by atoms with Crippen LogP contribution in [-0.4, -0.2) is 18.4 Å². The first-order valence-corrected chi connectivity index (χ1v) is 6.88. The number of halogens is 1. The average molecular weight is 300 g/mol. The van der Waals surface area contributed by atoms with Gasteiger partial charge in [-0.25, -0.2) is 4.39 Å². The second kappa shape index (κ2) is 6.85.